The number of carbonyl (C=O) groups excluding carboxylic acids is 1. The van der Waals surface area contributed by atoms with Crippen LogP contribution in [0.3, 0.4) is 0 Å². The van der Waals surface area contributed by atoms with Gasteiger partial charge >= 0.3 is 0 Å². The number of aryl methyl sites for hydroxylation is 2. The minimum Gasteiger partial charge on any atom is -0.335 e. The van der Waals surface area contributed by atoms with Crippen LogP contribution in [-0.4, -0.2) is 21.7 Å². The molecule has 1 atom stereocenters. The first-order valence-corrected chi connectivity index (χ1v) is 6.46. The van der Waals surface area contributed by atoms with Crippen molar-refractivity contribution in [2.75, 3.05) is 0 Å². The number of aromatic nitrogens is 2. The van der Waals surface area contributed by atoms with Gasteiger partial charge in [-0.05, 0) is 38.2 Å². The van der Waals surface area contributed by atoms with Gasteiger partial charge in [-0.25, -0.2) is 0 Å². The van der Waals surface area contributed by atoms with Gasteiger partial charge in [-0.3, -0.25) is 9.48 Å². The fourth-order valence-corrected chi connectivity index (χ4v) is 1.97. The average molecular weight is 246 g/mol. The van der Waals surface area contributed by atoms with E-state index in [1.807, 2.05) is 13.8 Å². The lowest BCUT2D eigenvalue weighted by Crippen LogP contribution is -2.36. The molecule has 0 aliphatic heterocycles. The Balaban J connectivity index is 2.12. The number of carbonyl (C=O) groups is 1. The van der Waals surface area contributed by atoms with E-state index < -0.39 is 0 Å². The van der Waals surface area contributed by atoms with Crippen molar-refractivity contribution in [3.05, 3.63) is 17.5 Å². The highest BCUT2D eigenvalue weighted by atomic mass is 16.2. The van der Waals surface area contributed by atoms with Crippen molar-refractivity contribution >= 4 is 5.91 Å². The largest absolute Gasteiger partial charge is 0.335 e. The average Bonchev–Trinajstić information content (AvgIpc) is 3.14. The van der Waals surface area contributed by atoms with Gasteiger partial charge in [0.15, 0.2) is 0 Å². The second kappa shape index (κ2) is 5.21. The predicted octanol–water partition coefficient (Wildman–Crippen LogP) is 1.50. The maximum Gasteiger partial charge on any atom is 0.270 e. The smallest absolute Gasteiger partial charge is 0.270 e. The lowest BCUT2D eigenvalue weighted by molar-refractivity contribution is 0.0931. The fourth-order valence-electron chi connectivity index (χ4n) is 1.97. The van der Waals surface area contributed by atoms with E-state index >= 15 is 0 Å². The van der Waals surface area contributed by atoms with Crippen molar-refractivity contribution in [2.45, 2.75) is 45.7 Å². The summed E-state index contributed by atoms with van der Waals surface area (Å²) in [5.41, 5.74) is 1.46. The van der Waals surface area contributed by atoms with Crippen LogP contribution in [0.2, 0.25) is 0 Å². The third-order valence-corrected chi connectivity index (χ3v) is 3.24. The number of rotatable bonds is 5. The highest BCUT2D eigenvalue weighted by Gasteiger charge is 2.33. The van der Waals surface area contributed by atoms with Crippen LogP contribution >= 0.6 is 0 Å². The zero-order valence-electron chi connectivity index (χ0n) is 10.8. The van der Waals surface area contributed by atoms with E-state index in [0.29, 0.717) is 18.2 Å². The first-order chi connectivity index (χ1) is 8.69. The van der Waals surface area contributed by atoms with Crippen molar-refractivity contribution in [1.82, 2.24) is 15.1 Å². The van der Waals surface area contributed by atoms with E-state index in [1.54, 1.807) is 10.7 Å². The maximum atomic E-state index is 12.1. The first kappa shape index (κ1) is 12.6. The molecule has 0 aromatic carbocycles. The van der Waals surface area contributed by atoms with Gasteiger partial charge in [-0.2, -0.15) is 10.4 Å². The van der Waals surface area contributed by atoms with E-state index in [2.05, 4.69) is 16.5 Å². The molecule has 0 spiro atoms. The lowest BCUT2D eigenvalue weighted by Gasteiger charge is -2.10. The van der Waals surface area contributed by atoms with Gasteiger partial charge in [-0.15, -0.1) is 0 Å². The molecule has 18 heavy (non-hydrogen) atoms. The van der Waals surface area contributed by atoms with Gasteiger partial charge in [0, 0.05) is 6.54 Å². The fraction of sp³-hybridized carbons (Fsp3) is 0.615. The summed E-state index contributed by atoms with van der Waals surface area (Å²) in [7, 11) is 0. The molecular weight excluding hydrogens is 228 g/mol. The van der Waals surface area contributed by atoms with E-state index in [4.69, 9.17) is 5.26 Å². The van der Waals surface area contributed by atoms with Crippen molar-refractivity contribution in [2.24, 2.45) is 5.92 Å². The third-order valence-electron chi connectivity index (χ3n) is 3.24. The molecule has 0 radical (unpaired) electrons. The van der Waals surface area contributed by atoms with E-state index in [-0.39, 0.29) is 11.9 Å². The van der Waals surface area contributed by atoms with Gasteiger partial charge in [-0.1, -0.05) is 6.92 Å². The van der Waals surface area contributed by atoms with Crippen LogP contribution in [0.15, 0.2) is 6.07 Å². The summed E-state index contributed by atoms with van der Waals surface area (Å²) in [5, 5.41) is 16.2. The van der Waals surface area contributed by atoms with Crippen LogP contribution in [0.5, 0.6) is 0 Å². The Labute approximate surface area is 107 Å². The van der Waals surface area contributed by atoms with Gasteiger partial charge < -0.3 is 5.32 Å². The van der Waals surface area contributed by atoms with Crippen LogP contribution in [0.25, 0.3) is 0 Å². The van der Waals surface area contributed by atoms with Crippen molar-refractivity contribution in [3.8, 4) is 6.07 Å². The minimum atomic E-state index is -0.359. The second-order valence-corrected chi connectivity index (χ2v) is 4.61. The Kier molecular flexibility index (Phi) is 3.66. The van der Waals surface area contributed by atoms with Gasteiger partial charge in [0.1, 0.15) is 11.7 Å². The Morgan fingerprint density at radius 1 is 1.67 bits per heavy atom. The molecule has 1 amide bonds. The number of nitrogens with one attached hydrogen (secondary N) is 1. The van der Waals surface area contributed by atoms with Gasteiger partial charge in [0.05, 0.1) is 11.8 Å². The normalized spacial score (nSPS) is 16.1. The SMILES string of the molecule is CCc1cc(C(=O)NC(C#N)C2CC2)n(CC)n1. The molecule has 1 N–H and O–H groups in total. The molecule has 1 aliphatic rings. The summed E-state index contributed by atoms with van der Waals surface area (Å²) in [6, 6.07) is 3.61. The third kappa shape index (κ3) is 2.53. The monoisotopic (exact) mass is 246 g/mol. The van der Waals surface area contributed by atoms with Crippen molar-refractivity contribution < 1.29 is 4.79 Å². The van der Waals surface area contributed by atoms with Crippen LogP contribution < -0.4 is 5.32 Å². The molecule has 1 unspecified atom stereocenters. The summed E-state index contributed by atoms with van der Waals surface area (Å²) in [5.74, 6) is 0.144. The Morgan fingerprint density at radius 3 is 2.89 bits per heavy atom. The van der Waals surface area contributed by atoms with Gasteiger partial charge in [0.2, 0.25) is 0 Å². The number of hydrogen-bond donors (Lipinski definition) is 1. The predicted molar refractivity (Wildman–Crippen MR) is 66.9 cm³/mol. The molecule has 0 saturated heterocycles. The molecule has 1 aromatic heterocycles. The molecule has 1 aliphatic carbocycles. The molecule has 1 fully saturated rings. The number of hydrogen-bond acceptors (Lipinski definition) is 3. The number of nitrogens with zero attached hydrogens (tertiary/aromatic N) is 3. The Bertz CT molecular complexity index is 482. The quantitative estimate of drug-likeness (QED) is 0.855. The van der Waals surface area contributed by atoms with Crippen molar-refractivity contribution in [3.63, 3.8) is 0 Å². The highest BCUT2D eigenvalue weighted by Crippen LogP contribution is 2.32. The van der Waals surface area contributed by atoms with E-state index in [1.165, 1.54) is 0 Å². The Morgan fingerprint density at radius 2 is 2.39 bits per heavy atom. The van der Waals surface area contributed by atoms with Crippen LogP contribution in [0.1, 0.15) is 42.9 Å². The summed E-state index contributed by atoms with van der Waals surface area (Å²) in [6.07, 6.45) is 2.87. The molecule has 0 bridgehead atoms. The molecule has 96 valence electrons. The molecule has 1 heterocycles. The standard InChI is InChI=1S/C13H18N4O/c1-3-10-7-12(17(4-2)16-10)13(18)15-11(8-14)9-5-6-9/h7,9,11H,3-6H2,1-2H3,(H,15,18). The summed E-state index contributed by atoms with van der Waals surface area (Å²) in [4.78, 5) is 12.1. The minimum absolute atomic E-state index is 0.192. The van der Waals surface area contributed by atoms with Gasteiger partial charge in [0.25, 0.3) is 5.91 Å². The maximum absolute atomic E-state index is 12.1. The van der Waals surface area contributed by atoms with Crippen LogP contribution in [0.4, 0.5) is 0 Å². The van der Waals surface area contributed by atoms with E-state index in [0.717, 1.165) is 25.0 Å². The second-order valence-electron chi connectivity index (χ2n) is 4.61. The van der Waals surface area contributed by atoms with Crippen LogP contribution in [-0.2, 0) is 13.0 Å². The van der Waals surface area contributed by atoms with Crippen LogP contribution in [0, 0.1) is 17.2 Å². The van der Waals surface area contributed by atoms with Crippen molar-refractivity contribution in [1.29, 1.82) is 5.26 Å². The summed E-state index contributed by atoms with van der Waals surface area (Å²) in [6.45, 7) is 4.61. The molecule has 5 heteroatoms. The highest BCUT2D eigenvalue weighted by molar-refractivity contribution is 5.93. The molecule has 1 saturated carbocycles. The summed E-state index contributed by atoms with van der Waals surface area (Å²) < 4.78 is 1.69. The molecule has 1 aromatic rings. The molecule has 5 nitrogen and oxygen atoms in total. The zero-order chi connectivity index (χ0) is 13.1. The zero-order valence-corrected chi connectivity index (χ0v) is 10.8. The lowest BCUT2D eigenvalue weighted by atomic mass is 10.2. The Hall–Kier alpha value is -1.83. The topological polar surface area (TPSA) is 70.7 Å². The number of nitriles is 1. The molecule has 2 rings (SSSR count). The summed E-state index contributed by atoms with van der Waals surface area (Å²) >= 11 is 0. The molecular formula is C13H18N4O. The number of amides is 1. The van der Waals surface area contributed by atoms with E-state index in [9.17, 15) is 4.79 Å². The first-order valence-electron chi connectivity index (χ1n) is 6.46.